The van der Waals surface area contributed by atoms with E-state index in [9.17, 15) is 0 Å². The summed E-state index contributed by atoms with van der Waals surface area (Å²) in [6, 6.07) is 10.4. The van der Waals surface area contributed by atoms with Crippen molar-refractivity contribution in [3.8, 4) is 0 Å². The maximum absolute atomic E-state index is 3.64. The Morgan fingerprint density at radius 2 is 1.92 bits per heavy atom. The van der Waals surface area contributed by atoms with E-state index in [1.165, 1.54) is 10.8 Å². The van der Waals surface area contributed by atoms with Crippen molar-refractivity contribution >= 4 is 16.3 Å². The number of rotatable bonds is 3. The molecule has 0 aliphatic rings. The van der Waals surface area contributed by atoms with Crippen LogP contribution in [-0.2, 0) is 0 Å². The lowest BCUT2D eigenvalue weighted by atomic mass is 10.2. The van der Waals surface area contributed by atoms with Crippen molar-refractivity contribution in [2.45, 2.75) is 0 Å². The Bertz CT molecular complexity index is 320. The molecule has 0 saturated heterocycles. The summed E-state index contributed by atoms with van der Waals surface area (Å²) in [4.78, 5) is 0. The first-order chi connectivity index (χ1) is 6.33. The molecule has 0 aromatic heterocycles. The molecule has 13 heavy (non-hydrogen) atoms. The van der Waals surface area contributed by atoms with Gasteiger partial charge in [0.15, 0.2) is 0 Å². The van der Waals surface area contributed by atoms with Crippen molar-refractivity contribution in [1.82, 2.24) is 0 Å². The third-order valence-corrected chi connectivity index (χ3v) is 2.31. The summed E-state index contributed by atoms with van der Waals surface area (Å²) >= 11 is 0. The van der Waals surface area contributed by atoms with Gasteiger partial charge in [-0.3, -0.25) is 0 Å². The average Bonchev–Trinajstić information content (AvgIpc) is 2.16. The van der Waals surface area contributed by atoms with Gasteiger partial charge in [-0.25, -0.2) is 0 Å². The van der Waals surface area contributed by atoms with Gasteiger partial charge in [0.25, 0.3) is 0 Å². The van der Waals surface area contributed by atoms with Gasteiger partial charge in [0.2, 0.25) is 0 Å². The van der Waals surface area contributed by atoms with Crippen molar-refractivity contribution in [2.75, 3.05) is 0 Å². The second-order valence-corrected chi connectivity index (χ2v) is 4.05. The van der Waals surface area contributed by atoms with Gasteiger partial charge >= 0.3 is 0 Å². The Hall–Kier alpha value is -1.34. The van der Waals surface area contributed by atoms with Crippen LogP contribution in [0.5, 0.6) is 0 Å². The Kier molecular flexibility index (Phi) is 3.99. The van der Waals surface area contributed by atoms with Gasteiger partial charge in [-0.1, -0.05) is 66.4 Å². The van der Waals surface area contributed by atoms with Crippen LogP contribution in [0.15, 0.2) is 60.3 Å². The van der Waals surface area contributed by atoms with Gasteiger partial charge in [0.1, 0.15) is 0 Å². The SMILES string of the molecule is C=CC=CC([SiH3])=Cc1ccccc1. The highest BCUT2D eigenvalue weighted by molar-refractivity contribution is 6.25. The van der Waals surface area contributed by atoms with Crippen LogP contribution in [-0.4, -0.2) is 10.2 Å². The second-order valence-electron chi connectivity index (χ2n) is 2.89. The van der Waals surface area contributed by atoms with Crippen LogP contribution >= 0.6 is 0 Å². The van der Waals surface area contributed by atoms with Crippen molar-refractivity contribution < 1.29 is 0 Å². The Labute approximate surface area is 82.7 Å². The third kappa shape index (κ3) is 3.72. The molecule has 1 aromatic rings. The molecule has 0 aliphatic carbocycles. The first-order valence-corrected chi connectivity index (χ1v) is 5.35. The summed E-state index contributed by atoms with van der Waals surface area (Å²) in [6.45, 7) is 3.64. The molecule has 1 heteroatoms. The van der Waals surface area contributed by atoms with Crippen LogP contribution in [0, 0.1) is 0 Å². The normalized spacial score (nSPS) is 12.2. The fourth-order valence-corrected chi connectivity index (χ4v) is 1.61. The zero-order valence-corrected chi connectivity index (χ0v) is 9.90. The summed E-state index contributed by atoms with van der Waals surface area (Å²) in [7, 11) is 1.06. The zero-order chi connectivity index (χ0) is 9.52. The van der Waals surface area contributed by atoms with E-state index in [4.69, 9.17) is 0 Å². The van der Waals surface area contributed by atoms with Crippen molar-refractivity contribution in [3.63, 3.8) is 0 Å². The van der Waals surface area contributed by atoms with E-state index in [0.717, 1.165) is 10.2 Å². The molecular formula is C12H14Si. The molecule has 0 saturated carbocycles. The molecule has 0 bridgehead atoms. The molecule has 0 aliphatic heterocycles. The lowest BCUT2D eigenvalue weighted by Gasteiger charge is -1.93. The zero-order valence-electron chi connectivity index (χ0n) is 7.90. The number of hydrogen-bond acceptors (Lipinski definition) is 0. The van der Waals surface area contributed by atoms with E-state index in [0.29, 0.717) is 0 Å². The van der Waals surface area contributed by atoms with E-state index < -0.39 is 0 Å². The number of benzene rings is 1. The van der Waals surface area contributed by atoms with E-state index in [1.54, 1.807) is 6.08 Å². The van der Waals surface area contributed by atoms with Gasteiger partial charge < -0.3 is 0 Å². The second kappa shape index (κ2) is 5.33. The summed E-state index contributed by atoms with van der Waals surface area (Å²) in [6.07, 6.45) is 8.08. The van der Waals surface area contributed by atoms with Crippen LogP contribution in [0.25, 0.3) is 6.08 Å². The quantitative estimate of drug-likeness (QED) is 0.501. The first kappa shape index (κ1) is 9.74. The molecule has 0 nitrogen and oxygen atoms in total. The van der Waals surface area contributed by atoms with Crippen LogP contribution in [0.3, 0.4) is 0 Å². The molecule has 0 spiro atoms. The molecule has 66 valence electrons. The Morgan fingerprint density at radius 1 is 1.23 bits per heavy atom. The average molecular weight is 186 g/mol. The third-order valence-electron chi connectivity index (χ3n) is 1.69. The number of hydrogen-bond donors (Lipinski definition) is 0. The molecule has 0 amide bonds. The predicted molar refractivity (Wildman–Crippen MR) is 63.7 cm³/mol. The van der Waals surface area contributed by atoms with Crippen molar-refractivity contribution in [1.29, 1.82) is 0 Å². The smallest absolute Gasteiger partial charge is 0.0385 e. The molecular weight excluding hydrogens is 172 g/mol. The van der Waals surface area contributed by atoms with Crippen LogP contribution in [0.2, 0.25) is 0 Å². The predicted octanol–water partition coefficient (Wildman–Crippen LogP) is 2.14. The Morgan fingerprint density at radius 3 is 2.54 bits per heavy atom. The van der Waals surface area contributed by atoms with Gasteiger partial charge in [0.05, 0.1) is 0 Å². The highest BCUT2D eigenvalue weighted by Crippen LogP contribution is 2.04. The molecule has 0 atom stereocenters. The van der Waals surface area contributed by atoms with E-state index in [1.807, 2.05) is 12.1 Å². The molecule has 0 unspecified atom stereocenters. The highest BCUT2D eigenvalue weighted by Gasteiger charge is 1.84. The molecule has 0 N–H and O–H groups in total. The Balaban J connectivity index is 2.76. The van der Waals surface area contributed by atoms with E-state index in [-0.39, 0.29) is 0 Å². The largest absolute Gasteiger partial charge is 0.0991 e. The fourth-order valence-electron chi connectivity index (χ4n) is 1.08. The topological polar surface area (TPSA) is 0 Å². The monoisotopic (exact) mass is 186 g/mol. The molecule has 0 radical (unpaired) electrons. The van der Waals surface area contributed by atoms with E-state index >= 15 is 0 Å². The van der Waals surface area contributed by atoms with Crippen LogP contribution < -0.4 is 0 Å². The van der Waals surface area contributed by atoms with E-state index in [2.05, 4.69) is 43.0 Å². The first-order valence-electron chi connectivity index (χ1n) is 4.35. The molecule has 0 heterocycles. The van der Waals surface area contributed by atoms with Crippen LogP contribution in [0.4, 0.5) is 0 Å². The van der Waals surface area contributed by atoms with Crippen molar-refractivity contribution in [3.05, 3.63) is 65.9 Å². The van der Waals surface area contributed by atoms with Gasteiger partial charge in [-0.2, -0.15) is 0 Å². The minimum atomic E-state index is 1.06. The van der Waals surface area contributed by atoms with Gasteiger partial charge in [-0.15, -0.1) is 0 Å². The molecule has 1 rings (SSSR count). The maximum atomic E-state index is 3.64. The molecule has 0 fully saturated rings. The maximum Gasteiger partial charge on any atom is 0.0385 e. The van der Waals surface area contributed by atoms with Gasteiger partial charge in [-0.05, 0) is 5.56 Å². The minimum Gasteiger partial charge on any atom is -0.0991 e. The lowest BCUT2D eigenvalue weighted by molar-refractivity contribution is 1.65. The van der Waals surface area contributed by atoms with Crippen molar-refractivity contribution in [2.24, 2.45) is 0 Å². The highest BCUT2D eigenvalue weighted by atomic mass is 28.1. The minimum absolute atomic E-state index is 1.06. The standard InChI is InChI=1S/C12H14Si/c1-2-3-9-12(13)10-11-7-5-4-6-8-11/h2-10H,1H2,13H3. The lowest BCUT2D eigenvalue weighted by Crippen LogP contribution is -1.76. The summed E-state index contributed by atoms with van der Waals surface area (Å²) in [5, 5.41) is 1.37. The summed E-state index contributed by atoms with van der Waals surface area (Å²) in [5.74, 6) is 0. The molecule has 1 aromatic carbocycles. The van der Waals surface area contributed by atoms with Crippen LogP contribution in [0.1, 0.15) is 5.56 Å². The fraction of sp³-hybridized carbons (Fsp3) is 0. The number of allylic oxidation sites excluding steroid dienone is 4. The summed E-state index contributed by atoms with van der Waals surface area (Å²) < 4.78 is 0. The summed E-state index contributed by atoms with van der Waals surface area (Å²) in [5.41, 5.74) is 1.27. The van der Waals surface area contributed by atoms with Gasteiger partial charge in [0, 0.05) is 10.2 Å².